The van der Waals surface area contributed by atoms with Crippen LogP contribution in [-0.4, -0.2) is 19.7 Å². The van der Waals surface area contributed by atoms with Crippen molar-refractivity contribution >= 4 is 11.6 Å². The number of aromatic nitrogens is 4. The zero-order chi connectivity index (χ0) is 11.8. The van der Waals surface area contributed by atoms with Crippen LogP contribution < -0.4 is 0 Å². The molecular weight excluding hydrogens is 245 g/mol. The number of halogens is 4. The molecule has 0 amide bonds. The highest BCUT2D eigenvalue weighted by molar-refractivity contribution is 6.28. The third kappa shape index (κ3) is 2.13. The number of hydrogen-bond donors (Lipinski definition) is 0. The third-order valence-electron chi connectivity index (χ3n) is 1.73. The van der Waals surface area contributed by atoms with Crippen LogP contribution in [0.1, 0.15) is 5.69 Å². The minimum atomic E-state index is -4.47. The maximum absolute atomic E-state index is 12.3. The quantitative estimate of drug-likeness (QED) is 0.728. The average Bonchev–Trinajstić information content (AvgIpc) is 2.65. The van der Waals surface area contributed by atoms with E-state index in [2.05, 4.69) is 15.1 Å². The molecule has 2 rings (SSSR count). The first-order chi connectivity index (χ1) is 7.47. The molecule has 0 aliphatic carbocycles. The van der Waals surface area contributed by atoms with E-state index in [1.807, 2.05) is 0 Å². The largest absolute Gasteiger partial charge is 0.435 e. The Hall–Kier alpha value is -1.63. The zero-order valence-electron chi connectivity index (χ0n) is 7.61. The SMILES string of the molecule is FC(F)(F)c1ccn(-c2ccnc(Cl)n2)n1. The third-order valence-corrected chi connectivity index (χ3v) is 1.91. The van der Waals surface area contributed by atoms with Gasteiger partial charge in [-0.1, -0.05) is 0 Å². The summed E-state index contributed by atoms with van der Waals surface area (Å²) < 4.78 is 37.8. The molecule has 0 spiro atoms. The van der Waals surface area contributed by atoms with Gasteiger partial charge >= 0.3 is 6.18 Å². The Morgan fingerprint density at radius 3 is 2.56 bits per heavy atom. The Labute approximate surface area is 92.7 Å². The Morgan fingerprint density at radius 1 is 1.25 bits per heavy atom. The highest BCUT2D eigenvalue weighted by Crippen LogP contribution is 2.27. The van der Waals surface area contributed by atoms with Gasteiger partial charge in [-0.05, 0) is 17.7 Å². The van der Waals surface area contributed by atoms with Crippen LogP contribution >= 0.6 is 11.6 Å². The van der Waals surface area contributed by atoms with Crippen LogP contribution in [0.3, 0.4) is 0 Å². The Morgan fingerprint density at radius 2 is 2.00 bits per heavy atom. The second kappa shape index (κ2) is 3.75. The van der Waals surface area contributed by atoms with Crippen LogP contribution in [0.15, 0.2) is 24.5 Å². The highest BCUT2D eigenvalue weighted by Gasteiger charge is 2.33. The summed E-state index contributed by atoms with van der Waals surface area (Å²) in [6, 6.07) is 2.26. The van der Waals surface area contributed by atoms with E-state index < -0.39 is 11.9 Å². The monoisotopic (exact) mass is 248 g/mol. The minimum absolute atomic E-state index is 0.0541. The fourth-order valence-corrected chi connectivity index (χ4v) is 1.20. The maximum atomic E-state index is 12.3. The molecule has 0 aromatic carbocycles. The number of alkyl halides is 3. The molecule has 0 atom stereocenters. The molecule has 16 heavy (non-hydrogen) atoms. The molecule has 0 bridgehead atoms. The molecule has 0 N–H and O–H groups in total. The lowest BCUT2D eigenvalue weighted by Gasteiger charge is -2.01. The topological polar surface area (TPSA) is 43.6 Å². The van der Waals surface area contributed by atoms with E-state index in [9.17, 15) is 13.2 Å². The zero-order valence-corrected chi connectivity index (χ0v) is 8.37. The number of rotatable bonds is 1. The van der Waals surface area contributed by atoms with Crippen molar-refractivity contribution < 1.29 is 13.2 Å². The highest BCUT2D eigenvalue weighted by atomic mass is 35.5. The van der Waals surface area contributed by atoms with E-state index in [1.165, 1.54) is 12.3 Å². The van der Waals surface area contributed by atoms with Gasteiger partial charge in [0, 0.05) is 18.5 Å². The van der Waals surface area contributed by atoms with E-state index in [0.717, 1.165) is 16.9 Å². The lowest BCUT2D eigenvalue weighted by atomic mass is 10.4. The number of hydrogen-bond acceptors (Lipinski definition) is 3. The van der Waals surface area contributed by atoms with Gasteiger partial charge in [0.25, 0.3) is 0 Å². The van der Waals surface area contributed by atoms with Gasteiger partial charge in [0.05, 0.1) is 0 Å². The molecule has 84 valence electrons. The van der Waals surface area contributed by atoms with Crippen LogP contribution in [0.25, 0.3) is 5.82 Å². The molecule has 0 fully saturated rings. The molecule has 0 radical (unpaired) electrons. The number of nitrogens with zero attached hydrogens (tertiary/aromatic N) is 4. The first-order valence-electron chi connectivity index (χ1n) is 4.08. The molecule has 2 aromatic heterocycles. The summed E-state index contributed by atoms with van der Waals surface area (Å²) in [5.41, 5.74) is -0.984. The van der Waals surface area contributed by atoms with Crippen molar-refractivity contribution in [3.8, 4) is 5.82 Å². The first-order valence-corrected chi connectivity index (χ1v) is 4.46. The molecular formula is C8H4ClF3N4. The Bertz CT molecular complexity index is 508. The van der Waals surface area contributed by atoms with Crippen molar-refractivity contribution in [3.05, 3.63) is 35.5 Å². The summed E-state index contributed by atoms with van der Waals surface area (Å²) >= 11 is 5.51. The molecule has 4 nitrogen and oxygen atoms in total. The van der Waals surface area contributed by atoms with Crippen molar-refractivity contribution in [3.63, 3.8) is 0 Å². The second-order valence-electron chi connectivity index (χ2n) is 2.83. The molecule has 0 aliphatic heterocycles. The van der Waals surface area contributed by atoms with Gasteiger partial charge in [-0.3, -0.25) is 0 Å². The fourth-order valence-electron chi connectivity index (χ4n) is 1.06. The van der Waals surface area contributed by atoms with Gasteiger partial charge in [-0.25, -0.2) is 9.67 Å². The molecule has 0 saturated carbocycles. The summed E-state index contributed by atoms with van der Waals surface area (Å²) in [4.78, 5) is 7.34. The van der Waals surface area contributed by atoms with E-state index in [-0.39, 0.29) is 11.1 Å². The van der Waals surface area contributed by atoms with Crippen molar-refractivity contribution in [2.45, 2.75) is 6.18 Å². The van der Waals surface area contributed by atoms with E-state index in [1.54, 1.807) is 0 Å². The predicted molar refractivity (Wildman–Crippen MR) is 49.2 cm³/mol. The summed E-state index contributed by atoms with van der Waals surface area (Å²) in [5.74, 6) is 0.176. The van der Waals surface area contributed by atoms with Crippen LogP contribution in [0, 0.1) is 0 Å². The standard InChI is InChI=1S/C8H4ClF3N4/c9-7-13-3-1-6(14-7)16-4-2-5(15-16)8(10,11)12/h1-4H. The normalized spacial score (nSPS) is 11.8. The van der Waals surface area contributed by atoms with Gasteiger partial charge < -0.3 is 0 Å². The molecule has 0 unspecified atom stereocenters. The van der Waals surface area contributed by atoms with Gasteiger partial charge in [0.1, 0.15) is 0 Å². The Kier molecular flexibility index (Phi) is 2.55. The lowest BCUT2D eigenvalue weighted by molar-refractivity contribution is -0.141. The van der Waals surface area contributed by atoms with Crippen molar-refractivity contribution in [1.82, 2.24) is 19.7 Å². The minimum Gasteiger partial charge on any atom is -0.226 e. The second-order valence-corrected chi connectivity index (χ2v) is 3.17. The van der Waals surface area contributed by atoms with E-state index >= 15 is 0 Å². The summed E-state index contributed by atoms with van der Waals surface area (Å²) in [6.45, 7) is 0. The van der Waals surface area contributed by atoms with Crippen molar-refractivity contribution in [2.75, 3.05) is 0 Å². The molecule has 8 heteroatoms. The van der Waals surface area contributed by atoms with Gasteiger partial charge in [-0.15, -0.1) is 0 Å². The van der Waals surface area contributed by atoms with Crippen LogP contribution in [0.4, 0.5) is 13.2 Å². The molecule has 2 heterocycles. The van der Waals surface area contributed by atoms with E-state index in [4.69, 9.17) is 11.6 Å². The Balaban J connectivity index is 2.39. The van der Waals surface area contributed by atoms with Gasteiger partial charge in [0.2, 0.25) is 5.28 Å². The molecule has 0 saturated heterocycles. The maximum Gasteiger partial charge on any atom is 0.435 e. The predicted octanol–water partition coefficient (Wildman–Crippen LogP) is 2.33. The van der Waals surface area contributed by atoms with Gasteiger partial charge in [0.15, 0.2) is 11.5 Å². The summed E-state index contributed by atoms with van der Waals surface area (Å²) in [6.07, 6.45) is -1.98. The molecule has 2 aromatic rings. The fraction of sp³-hybridized carbons (Fsp3) is 0.125. The summed E-state index contributed by atoms with van der Waals surface area (Å²) in [5, 5.41) is 3.28. The summed E-state index contributed by atoms with van der Waals surface area (Å²) in [7, 11) is 0. The van der Waals surface area contributed by atoms with Gasteiger partial charge in [-0.2, -0.15) is 23.3 Å². The van der Waals surface area contributed by atoms with Crippen molar-refractivity contribution in [1.29, 1.82) is 0 Å². The average molecular weight is 249 g/mol. The smallest absolute Gasteiger partial charge is 0.226 e. The van der Waals surface area contributed by atoms with Crippen LogP contribution in [0.5, 0.6) is 0 Å². The first kappa shape index (κ1) is 10.9. The molecule has 0 aliphatic rings. The lowest BCUT2D eigenvalue weighted by Crippen LogP contribution is -2.07. The van der Waals surface area contributed by atoms with Crippen LogP contribution in [0.2, 0.25) is 5.28 Å². The van der Waals surface area contributed by atoms with Crippen LogP contribution in [-0.2, 0) is 6.18 Å². The van der Waals surface area contributed by atoms with Crippen molar-refractivity contribution in [2.24, 2.45) is 0 Å². The van der Waals surface area contributed by atoms with E-state index in [0.29, 0.717) is 0 Å².